The maximum Gasteiger partial charge on any atom is 0.417 e. The second-order valence-electron chi connectivity index (χ2n) is 4.21. The Morgan fingerprint density at radius 3 is 2.62 bits per heavy atom. The number of hydrogen-bond acceptors (Lipinski definition) is 2. The molecule has 1 N–H and O–H groups in total. The van der Waals surface area contributed by atoms with Gasteiger partial charge in [0, 0.05) is 19.2 Å². The van der Waals surface area contributed by atoms with Crippen LogP contribution >= 0.6 is 11.6 Å². The van der Waals surface area contributed by atoms with Crippen molar-refractivity contribution in [2.24, 2.45) is 0 Å². The Hall–Kier alpha value is -1.53. The topological polar surface area (TPSA) is 40.5 Å². The van der Waals surface area contributed by atoms with Gasteiger partial charge in [-0.2, -0.15) is 13.2 Å². The first-order valence-corrected chi connectivity index (χ1v) is 6.62. The van der Waals surface area contributed by atoms with Crippen LogP contribution in [0.5, 0.6) is 0 Å². The molecule has 3 nitrogen and oxygen atoms in total. The van der Waals surface area contributed by atoms with E-state index in [-0.39, 0.29) is 29.6 Å². The fourth-order valence-corrected chi connectivity index (χ4v) is 1.91. The number of aliphatic hydroxyl groups excluding tert-OH is 1. The molecule has 0 saturated heterocycles. The summed E-state index contributed by atoms with van der Waals surface area (Å²) in [5, 5.41) is 8.41. The molecular weight excluding hydrogens is 307 g/mol. The first-order valence-electron chi connectivity index (χ1n) is 6.24. The van der Waals surface area contributed by atoms with E-state index in [0.29, 0.717) is 6.54 Å². The molecule has 0 heterocycles. The molecule has 0 atom stereocenters. The maximum atomic E-state index is 12.7. The summed E-state index contributed by atoms with van der Waals surface area (Å²) < 4.78 is 38.1. The highest BCUT2D eigenvalue weighted by molar-refractivity contribution is 6.31. The van der Waals surface area contributed by atoms with E-state index in [4.69, 9.17) is 16.7 Å². The van der Waals surface area contributed by atoms with E-state index >= 15 is 0 Å². The monoisotopic (exact) mass is 321 g/mol. The van der Waals surface area contributed by atoms with Crippen molar-refractivity contribution in [1.29, 1.82) is 0 Å². The van der Waals surface area contributed by atoms with Crippen LogP contribution in [0.1, 0.15) is 18.1 Å². The summed E-state index contributed by atoms with van der Waals surface area (Å²) in [6.45, 7) is 2.14. The third kappa shape index (κ3) is 5.06. The first-order chi connectivity index (χ1) is 9.79. The number of carbonyl (C=O) groups excluding carboxylic acids is 1. The molecule has 1 aromatic rings. The molecule has 0 spiro atoms. The minimum atomic E-state index is -4.54. The SMILES string of the molecule is CCN(CCO)C(=O)/C=C/c1ccc(Cl)c(C(F)(F)F)c1. The van der Waals surface area contributed by atoms with Crippen LogP contribution in [0.15, 0.2) is 24.3 Å². The molecule has 0 saturated carbocycles. The normalized spacial score (nSPS) is 11.9. The summed E-state index contributed by atoms with van der Waals surface area (Å²) in [6.07, 6.45) is -2.09. The molecule has 0 fully saturated rings. The Kier molecular flexibility index (Phi) is 6.23. The lowest BCUT2D eigenvalue weighted by molar-refractivity contribution is -0.137. The molecule has 0 radical (unpaired) electrons. The van der Waals surface area contributed by atoms with Crippen LogP contribution < -0.4 is 0 Å². The van der Waals surface area contributed by atoms with Crippen molar-refractivity contribution in [3.8, 4) is 0 Å². The van der Waals surface area contributed by atoms with Gasteiger partial charge in [-0.1, -0.05) is 17.7 Å². The fraction of sp³-hybridized carbons (Fsp3) is 0.357. The number of alkyl halides is 3. The van der Waals surface area contributed by atoms with Crippen molar-refractivity contribution in [3.05, 3.63) is 40.4 Å². The molecule has 21 heavy (non-hydrogen) atoms. The number of halogens is 4. The lowest BCUT2D eigenvalue weighted by Gasteiger charge is -2.17. The predicted octanol–water partition coefficient (Wildman–Crippen LogP) is 3.21. The van der Waals surface area contributed by atoms with Crippen LogP contribution in [0.4, 0.5) is 13.2 Å². The molecule has 1 amide bonds. The summed E-state index contributed by atoms with van der Waals surface area (Å²) in [4.78, 5) is 13.1. The second kappa shape index (κ2) is 7.47. The minimum absolute atomic E-state index is 0.174. The number of carbonyl (C=O) groups is 1. The zero-order valence-electron chi connectivity index (χ0n) is 11.3. The molecular formula is C14H15ClF3NO2. The maximum absolute atomic E-state index is 12.7. The number of hydrogen-bond donors (Lipinski definition) is 1. The summed E-state index contributed by atoms with van der Waals surface area (Å²) in [6, 6.07) is 3.41. The Bertz CT molecular complexity index is 529. The number of benzene rings is 1. The molecule has 0 aromatic heterocycles. The zero-order chi connectivity index (χ0) is 16.0. The highest BCUT2D eigenvalue weighted by Crippen LogP contribution is 2.35. The van der Waals surface area contributed by atoms with Gasteiger partial charge >= 0.3 is 6.18 Å². The predicted molar refractivity (Wildman–Crippen MR) is 74.8 cm³/mol. The second-order valence-corrected chi connectivity index (χ2v) is 4.62. The van der Waals surface area contributed by atoms with Crippen LogP contribution in [0.25, 0.3) is 6.08 Å². The van der Waals surface area contributed by atoms with E-state index in [0.717, 1.165) is 12.1 Å². The van der Waals surface area contributed by atoms with Crippen molar-refractivity contribution in [2.45, 2.75) is 13.1 Å². The van der Waals surface area contributed by atoms with Crippen LogP contribution in [0.3, 0.4) is 0 Å². The third-order valence-corrected chi connectivity index (χ3v) is 3.11. The molecule has 0 aliphatic heterocycles. The van der Waals surface area contributed by atoms with Crippen molar-refractivity contribution in [3.63, 3.8) is 0 Å². The van der Waals surface area contributed by atoms with E-state index < -0.39 is 11.7 Å². The van der Waals surface area contributed by atoms with Gasteiger partial charge in [0.15, 0.2) is 0 Å². The summed E-state index contributed by atoms with van der Waals surface area (Å²) in [5.41, 5.74) is -0.721. The average molecular weight is 322 g/mol. The number of aliphatic hydroxyl groups is 1. The van der Waals surface area contributed by atoms with Gasteiger partial charge in [0.2, 0.25) is 5.91 Å². The van der Waals surface area contributed by atoms with Gasteiger partial charge in [0.25, 0.3) is 0 Å². The quantitative estimate of drug-likeness (QED) is 0.846. The van der Waals surface area contributed by atoms with E-state index in [1.54, 1.807) is 6.92 Å². The van der Waals surface area contributed by atoms with Crippen molar-refractivity contribution >= 4 is 23.6 Å². The molecule has 0 bridgehead atoms. The number of nitrogens with zero attached hydrogens (tertiary/aromatic N) is 1. The van der Waals surface area contributed by atoms with E-state index in [1.807, 2.05) is 0 Å². The molecule has 7 heteroatoms. The molecule has 1 aromatic carbocycles. The Morgan fingerprint density at radius 1 is 1.43 bits per heavy atom. The van der Waals surface area contributed by atoms with Crippen LogP contribution in [0, 0.1) is 0 Å². The van der Waals surface area contributed by atoms with Gasteiger partial charge in [-0.15, -0.1) is 0 Å². The number of rotatable bonds is 5. The van der Waals surface area contributed by atoms with Gasteiger partial charge in [-0.3, -0.25) is 4.79 Å². The summed E-state index contributed by atoms with van der Waals surface area (Å²) in [5.74, 6) is -0.380. The highest BCUT2D eigenvalue weighted by atomic mass is 35.5. The van der Waals surface area contributed by atoms with Gasteiger partial charge in [-0.25, -0.2) is 0 Å². The number of amides is 1. The summed E-state index contributed by atoms with van der Waals surface area (Å²) >= 11 is 5.51. The number of likely N-dealkylation sites (N-methyl/N-ethyl adjacent to an activating group) is 1. The standard InChI is InChI=1S/C14H15ClF3NO2/c1-2-19(7-8-20)13(21)6-4-10-3-5-12(15)11(9-10)14(16,17)18/h3-6,9,20H,2,7-8H2,1H3/b6-4+. The van der Waals surface area contributed by atoms with E-state index in [1.165, 1.54) is 23.1 Å². The highest BCUT2D eigenvalue weighted by Gasteiger charge is 2.33. The van der Waals surface area contributed by atoms with Crippen LogP contribution in [0.2, 0.25) is 5.02 Å². The average Bonchev–Trinajstić information content (AvgIpc) is 2.42. The summed E-state index contributed by atoms with van der Waals surface area (Å²) in [7, 11) is 0. The first kappa shape index (κ1) is 17.5. The zero-order valence-corrected chi connectivity index (χ0v) is 12.1. The molecule has 116 valence electrons. The van der Waals surface area contributed by atoms with Gasteiger partial charge < -0.3 is 10.0 Å². The van der Waals surface area contributed by atoms with Crippen molar-refractivity contribution in [2.75, 3.05) is 19.7 Å². The van der Waals surface area contributed by atoms with Crippen LogP contribution in [-0.4, -0.2) is 35.6 Å². The lowest BCUT2D eigenvalue weighted by atomic mass is 10.1. The van der Waals surface area contributed by atoms with Gasteiger partial charge in [-0.05, 0) is 30.7 Å². The molecule has 0 aliphatic carbocycles. The molecule has 0 unspecified atom stereocenters. The lowest BCUT2D eigenvalue weighted by Crippen LogP contribution is -2.31. The van der Waals surface area contributed by atoms with Gasteiger partial charge in [0.05, 0.1) is 17.2 Å². The molecule has 0 aliphatic rings. The van der Waals surface area contributed by atoms with Crippen molar-refractivity contribution < 1.29 is 23.1 Å². The third-order valence-electron chi connectivity index (χ3n) is 2.78. The van der Waals surface area contributed by atoms with E-state index in [2.05, 4.69) is 0 Å². The molecule has 1 rings (SSSR count). The minimum Gasteiger partial charge on any atom is -0.395 e. The van der Waals surface area contributed by atoms with Crippen LogP contribution in [-0.2, 0) is 11.0 Å². The van der Waals surface area contributed by atoms with Crippen molar-refractivity contribution in [1.82, 2.24) is 4.90 Å². The van der Waals surface area contributed by atoms with Gasteiger partial charge in [0.1, 0.15) is 0 Å². The van der Waals surface area contributed by atoms with E-state index in [9.17, 15) is 18.0 Å². The largest absolute Gasteiger partial charge is 0.417 e. The smallest absolute Gasteiger partial charge is 0.395 e. The Morgan fingerprint density at radius 2 is 2.10 bits per heavy atom. The Balaban J connectivity index is 2.93. The Labute approximate surface area is 125 Å². The fourth-order valence-electron chi connectivity index (χ4n) is 1.68.